The van der Waals surface area contributed by atoms with Gasteiger partial charge in [0, 0.05) is 17.8 Å². The van der Waals surface area contributed by atoms with Gasteiger partial charge in [-0.1, -0.05) is 36.7 Å². The lowest BCUT2D eigenvalue weighted by atomic mass is 9.85. The van der Waals surface area contributed by atoms with Gasteiger partial charge >= 0.3 is 6.18 Å². The highest BCUT2D eigenvalue weighted by molar-refractivity contribution is 9.09. The molecule has 0 aromatic carbocycles. The molecule has 0 rings (SSSR count). The highest BCUT2D eigenvalue weighted by Crippen LogP contribution is 2.24. The van der Waals surface area contributed by atoms with E-state index in [1.54, 1.807) is 0 Å². The van der Waals surface area contributed by atoms with E-state index in [-0.39, 0.29) is 11.5 Å². The Hall–Kier alpha value is -0.260. The molecule has 0 saturated carbocycles. The molecule has 0 heterocycles. The molecule has 0 spiro atoms. The predicted molar refractivity (Wildman–Crippen MR) is 65.1 cm³/mol. The molecule has 1 amide bonds. The summed E-state index contributed by atoms with van der Waals surface area (Å²) in [5.41, 5.74) is -0.165. The standard InChI is InChI=1S/C11H19BrF3NO/c1-10(2,3)8(5-7-12)16-9(17)4-6-11(13,14)15/h8H,4-7H2,1-3H3,(H,16,17). The molecule has 1 N–H and O–H groups in total. The first kappa shape index (κ1) is 16.7. The first-order chi connectivity index (χ1) is 7.56. The second kappa shape index (κ2) is 6.61. The van der Waals surface area contributed by atoms with Gasteiger partial charge in [0.2, 0.25) is 5.91 Å². The molecule has 102 valence electrons. The molecule has 6 heteroatoms. The largest absolute Gasteiger partial charge is 0.389 e. The predicted octanol–water partition coefficient (Wildman–Crippen LogP) is 3.64. The number of halogens is 4. The molecular formula is C11H19BrF3NO. The molecule has 0 fully saturated rings. The summed E-state index contributed by atoms with van der Waals surface area (Å²) < 4.78 is 35.8. The van der Waals surface area contributed by atoms with Gasteiger partial charge in [0.1, 0.15) is 0 Å². The van der Waals surface area contributed by atoms with Crippen LogP contribution >= 0.6 is 15.9 Å². The minimum Gasteiger partial charge on any atom is -0.353 e. The van der Waals surface area contributed by atoms with Crippen molar-refractivity contribution in [2.24, 2.45) is 5.41 Å². The van der Waals surface area contributed by atoms with Gasteiger partial charge in [-0.05, 0) is 11.8 Å². The number of hydrogen-bond acceptors (Lipinski definition) is 1. The summed E-state index contributed by atoms with van der Waals surface area (Å²) in [6.07, 6.45) is -5.15. The number of hydrogen-bond donors (Lipinski definition) is 1. The summed E-state index contributed by atoms with van der Waals surface area (Å²) in [4.78, 5) is 11.4. The van der Waals surface area contributed by atoms with Crippen LogP contribution in [0.4, 0.5) is 13.2 Å². The normalized spacial score (nSPS) is 14.5. The Bertz CT molecular complexity index is 248. The third-order valence-electron chi connectivity index (χ3n) is 2.41. The fraction of sp³-hybridized carbons (Fsp3) is 0.909. The van der Waals surface area contributed by atoms with E-state index in [9.17, 15) is 18.0 Å². The molecule has 0 aromatic heterocycles. The molecule has 0 bridgehead atoms. The van der Waals surface area contributed by atoms with Crippen molar-refractivity contribution < 1.29 is 18.0 Å². The number of alkyl halides is 4. The molecule has 0 radical (unpaired) electrons. The fourth-order valence-corrected chi connectivity index (χ4v) is 1.81. The summed E-state index contributed by atoms with van der Waals surface area (Å²) in [5.74, 6) is -0.539. The lowest BCUT2D eigenvalue weighted by molar-refractivity contribution is -0.144. The molecule has 1 atom stereocenters. The van der Waals surface area contributed by atoms with E-state index in [4.69, 9.17) is 0 Å². The van der Waals surface area contributed by atoms with E-state index in [1.807, 2.05) is 20.8 Å². The van der Waals surface area contributed by atoms with Crippen LogP contribution in [0.15, 0.2) is 0 Å². The Labute approximate surface area is 108 Å². The zero-order valence-electron chi connectivity index (χ0n) is 10.3. The molecule has 0 aliphatic heterocycles. The van der Waals surface area contributed by atoms with Crippen molar-refractivity contribution in [3.63, 3.8) is 0 Å². The van der Waals surface area contributed by atoms with Gasteiger partial charge in [-0.2, -0.15) is 13.2 Å². The van der Waals surface area contributed by atoms with Gasteiger partial charge in [0.25, 0.3) is 0 Å². The third-order valence-corrected chi connectivity index (χ3v) is 2.87. The van der Waals surface area contributed by atoms with Crippen LogP contribution in [-0.4, -0.2) is 23.5 Å². The van der Waals surface area contributed by atoms with Crippen molar-refractivity contribution in [2.45, 2.75) is 52.3 Å². The molecule has 0 aromatic rings. The average molecular weight is 318 g/mol. The van der Waals surface area contributed by atoms with Crippen LogP contribution in [0.5, 0.6) is 0 Å². The monoisotopic (exact) mass is 317 g/mol. The Kier molecular flexibility index (Phi) is 6.51. The van der Waals surface area contributed by atoms with Crippen molar-refractivity contribution in [2.75, 3.05) is 5.33 Å². The highest BCUT2D eigenvalue weighted by atomic mass is 79.9. The molecule has 0 aliphatic rings. The van der Waals surface area contributed by atoms with Crippen LogP contribution in [0.3, 0.4) is 0 Å². The summed E-state index contributed by atoms with van der Waals surface area (Å²) >= 11 is 3.27. The zero-order valence-corrected chi connectivity index (χ0v) is 11.9. The lowest BCUT2D eigenvalue weighted by Gasteiger charge is -2.31. The third kappa shape index (κ3) is 8.46. The van der Waals surface area contributed by atoms with Crippen LogP contribution < -0.4 is 5.32 Å². The molecule has 2 nitrogen and oxygen atoms in total. The maximum Gasteiger partial charge on any atom is 0.389 e. The zero-order chi connectivity index (χ0) is 13.7. The second-order valence-corrected chi connectivity index (χ2v) is 5.87. The van der Waals surface area contributed by atoms with E-state index < -0.39 is 24.9 Å². The smallest absolute Gasteiger partial charge is 0.353 e. The first-order valence-electron chi connectivity index (χ1n) is 5.48. The SMILES string of the molecule is CC(C)(C)C(CCBr)NC(=O)CCC(F)(F)F. The van der Waals surface area contributed by atoms with E-state index in [1.165, 1.54) is 0 Å². The van der Waals surface area contributed by atoms with Crippen molar-refractivity contribution in [3.05, 3.63) is 0 Å². The van der Waals surface area contributed by atoms with Gasteiger partial charge in [-0.15, -0.1) is 0 Å². The Morgan fingerprint density at radius 2 is 1.82 bits per heavy atom. The topological polar surface area (TPSA) is 29.1 Å². The van der Waals surface area contributed by atoms with Gasteiger partial charge in [0.15, 0.2) is 0 Å². The van der Waals surface area contributed by atoms with Crippen LogP contribution in [0.1, 0.15) is 40.0 Å². The number of carbonyl (C=O) groups is 1. The van der Waals surface area contributed by atoms with Crippen LogP contribution in [-0.2, 0) is 4.79 Å². The molecule has 1 unspecified atom stereocenters. The minimum absolute atomic E-state index is 0.123. The van der Waals surface area contributed by atoms with Crippen molar-refractivity contribution >= 4 is 21.8 Å². The first-order valence-corrected chi connectivity index (χ1v) is 6.60. The van der Waals surface area contributed by atoms with Crippen LogP contribution in [0.2, 0.25) is 0 Å². The lowest BCUT2D eigenvalue weighted by Crippen LogP contribution is -2.44. The van der Waals surface area contributed by atoms with Gasteiger partial charge in [-0.3, -0.25) is 4.79 Å². The molecule has 0 aliphatic carbocycles. The van der Waals surface area contributed by atoms with E-state index in [2.05, 4.69) is 21.2 Å². The fourth-order valence-electron chi connectivity index (χ4n) is 1.35. The Morgan fingerprint density at radius 3 is 2.18 bits per heavy atom. The van der Waals surface area contributed by atoms with Gasteiger partial charge in [-0.25, -0.2) is 0 Å². The number of amides is 1. The number of carbonyl (C=O) groups excluding carboxylic acids is 1. The van der Waals surface area contributed by atoms with Crippen molar-refractivity contribution in [3.8, 4) is 0 Å². The van der Waals surface area contributed by atoms with E-state index in [0.717, 1.165) is 0 Å². The van der Waals surface area contributed by atoms with Gasteiger partial charge < -0.3 is 5.32 Å². The average Bonchev–Trinajstić information content (AvgIpc) is 2.11. The van der Waals surface area contributed by atoms with Gasteiger partial charge in [0.05, 0.1) is 6.42 Å². The van der Waals surface area contributed by atoms with Crippen molar-refractivity contribution in [1.29, 1.82) is 0 Å². The summed E-state index contributed by atoms with van der Waals surface area (Å²) in [7, 11) is 0. The maximum absolute atomic E-state index is 11.9. The maximum atomic E-state index is 11.9. The molecular weight excluding hydrogens is 299 g/mol. The van der Waals surface area contributed by atoms with Crippen molar-refractivity contribution in [1.82, 2.24) is 5.32 Å². The Balaban J connectivity index is 4.23. The molecule has 17 heavy (non-hydrogen) atoms. The summed E-state index contributed by atoms with van der Waals surface area (Å²) in [5, 5.41) is 3.36. The summed E-state index contributed by atoms with van der Waals surface area (Å²) in [6.45, 7) is 5.85. The van der Waals surface area contributed by atoms with E-state index in [0.29, 0.717) is 11.8 Å². The van der Waals surface area contributed by atoms with E-state index >= 15 is 0 Å². The Morgan fingerprint density at radius 1 is 1.29 bits per heavy atom. The number of nitrogens with one attached hydrogen (secondary N) is 1. The number of rotatable bonds is 5. The minimum atomic E-state index is -4.27. The van der Waals surface area contributed by atoms with Crippen LogP contribution in [0, 0.1) is 5.41 Å². The molecule has 0 saturated heterocycles. The highest BCUT2D eigenvalue weighted by Gasteiger charge is 2.30. The summed E-state index contributed by atoms with van der Waals surface area (Å²) in [6, 6.07) is -0.123. The quantitative estimate of drug-likeness (QED) is 0.770. The van der Waals surface area contributed by atoms with Crippen LogP contribution in [0.25, 0.3) is 0 Å². The second-order valence-electron chi connectivity index (χ2n) is 5.08.